The molecule has 0 aromatic rings. The van der Waals surface area contributed by atoms with E-state index in [4.69, 9.17) is 0 Å². The molecule has 0 aliphatic heterocycles. The van der Waals surface area contributed by atoms with Crippen LogP contribution >= 0.6 is 0 Å². The van der Waals surface area contributed by atoms with Crippen LogP contribution in [0.4, 0.5) is 0 Å². The molecule has 0 aromatic heterocycles. The van der Waals surface area contributed by atoms with Gasteiger partial charge in [-0.15, -0.1) is 0 Å². The molecule has 0 radical (unpaired) electrons. The van der Waals surface area contributed by atoms with Gasteiger partial charge in [0.2, 0.25) is 0 Å². The van der Waals surface area contributed by atoms with Gasteiger partial charge < -0.3 is 0 Å². The third-order valence-corrected chi connectivity index (χ3v) is 8.37. The van der Waals surface area contributed by atoms with Gasteiger partial charge in [0.15, 0.2) is 0 Å². The monoisotopic (exact) mass is 360 g/mol. The van der Waals surface area contributed by atoms with Crippen molar-refractivity contribution >= 4 is 0 Å². The minimum Gasteiger partial charge on any atom is -0.0533 e. The van der Waals surface area contributed by atoms with Crippen molar-refractivity contribution in [2.45, 2.75) is 141 Å². The Kier molecular flexibility index (Phi) is 9.93. The zero-order valence-electron chi connectivity index (χ0n) is 17.9. The average Bonchev–Trinajstić information content (AvgIpc) is 2.71. The van der Waals surface area contributed by atoms with E-state index in [0.717, 1.165) is 23.7 Å². The lowest BCUT2D eigenvalue weighted by atomic mass is 9.77. The predicted molar refractivity (Wildman–Crippen MR) is 116 cm³/mol. The Morgan fingerprint density at radius 3 is 0.885 bits per heavy atom. The van der Waals surface area contributed by atoms with E-state index < -0.39 is 0 Å². The van der Waals surface area contributed by atoms with E-state index in [1.54, 1.807) is 77.0 Å². The van der Waals surface area contributed by atoms with Gasteiger partial charge in [0.1, 0.15) is 0 Å². The number of hydrogen-bond donors (Lipinski definition) is 0. The van der Waals surface area contributed by atoms with Gasteiger partial charge in [-0.05, 0) is 23.7 Å². The second kappa shape index (κ2) is 12.5. The largest absolute Gasteiger partial charge is 0.0533 e. The highest BCUT2D eigenvalue weighted by molar-refractivity contribution is 4.74. The van der Waals surface area contributed by atoms with Crippen molar-refractivity contribution < 1.29 is 0 Å². The van der Waals surface area contributed by atoms with E-state index in [1.807, 2.05) is 0 Å². The molecule has 3 rings (SSSR count). The molecule has 3 saturated carbocycles. The van der Waals surface area contributed by atoms with Crippen molar-refractivity contribution in [3.8, 4) is 0 Å². The highest BCUT2D eigenvalue weighted by Gasteiger charge is 2.21. The van der Waals surface area contributed by atoms with E-state index in [0.29, 0.717) is 0 Å². The molecule has 0 unspecified atom stereocenters. The van der Waals surface area contributed by atoms with E-state index in [9.17, 15) is 0 Å². The maximum Gasteiger partial charge on any atom is -0.0414 e. The Bertz CT molecular complexity index is 292. The minimum atomic E-state index is 1.10. The molecule has 152 valence electrons. The molecule has 3 fully saturated rings. The van der Waals surface area contributed by atoms with E-state index in [-0.39, 0.29) is 0 Å². The lowest BCUT2D eigenvalue weighted by Crippen LogP contribution is -2.15. The summed E-state index contributed by atoms with van der Waals surface area (Å²) in [5.41, 5.74) is 0. The molecule has 0 bridgehead atoms. The summed E-state index contributed by atoms with van der Waals surface area (Å²) in [6.07, 6.45) is 33.9. The minimum absolute atomic E-state index is 1.10. The average molecular weight is 361 g/mol. The first-order chi connectivity index (χ1) is 12.9. The fraction of sp³-hybridized carbons (Fsp3) is 1.00. The van der Waals surface area contributed by atoms with Crippen LogP contribution in [0.25, 0.3) is 0 Å². The third kappa shape index (κ3) is 7.93. The van der Waals surface area contributed by atoms with Gasteiger partial charge in [-0.3, -0.25) is 0 Å². The molecular formula is C26H48. The van der Waals surface area contributed by atoms with Crippen molar-refractivity contribution in [1.82, 2.24) is 0 Å². The molecule has 0 nitrogen and oxygen atoms in total. The summed E-state index contributed by atoms with van der Waals surface area (Å²) in [6, 6.07) is 0. The number of unbranched alkanes of at least 4 members (excludes halogenated alkanes) is 2. The molecule has 0 heteroatoms. The Morgan fingerprint density at radius 2 is 0.577 bits per heavy atom. The maximum absolute atomic E-state index is 1.57. The standard InChI is InChI=1S/C26H48/c1-3-11-23(12-4-1)15-7-9-17-25-19-21-26(22-20-25)18-10-8-16-24-13-5-2-6-14-24/h23-26H,1-22H2. The Hall–Kier alpha value is 0. The summed E-state index contributed by atoms with van der Waals surface area (Å²) in [5, 5.41) is 0. The number of hydrogen-bond acceptors (Lipinski definition) is 0. The van der Waals surface area contributed by atoms with Gasteiger partial charge in [0.25, 0.3) is 0 Å². The van der Waals surface area contributed by atoms with Gasteiger partial charge in [-0.2, -0.15) is 0 Å². The van der Waals surface area contributed by atoms with Gasteiger partial charge in [0, 0.05) is 0 Å². The topological polar surface area (TPSA) is 0 Å². The predicted octanol–water partition coefficient (Wildman–Crippen LogP) is 9.07. The van der Waals surface area contributed by atoms with E-state index in [1.165, 1.54) is 64.2 Å². The second-order valence-corrected chi connectivity index (χ2v) is 10.5. The van der Waals surface area contributed by atoms with Gasteiger partial charge >= 0.3 is 0 Å². The smallest absolute Gasteiger partial charge is 0.0414 e. The summed E-state index contributed by atoms with van der Waals surface area (Å²) in [5.74, 6) is 4.40. The third-order valence-electron chi connectivity index (χ3n) is 8.37. The van der Waals surface area contributed by atoms with Crippen LogP contribution < -0.4 is 0 Å². The molecule has 0 heterocycles. The zero-order valence-corrected chi connectivity index (χ0v) is 17.9. The van der Waals surface area contributed by atoms with Crippen LogP contribution in [0, 0.1) is 23.7 Å². The first-order valence-electron chi connectivity index (χ1n) is 12.9. The summed E-state index contributed by atoms with van der Waals surface area (Å²) in [6.45, 7) is 0. The van der Waals surface area contributed by atoms with Crippen molar-refractivity contribution in [3.05, 3.63) is 0 Å². The first kappa shape index (κ1) is 20.7. The van der Waals surface area contributed by atoms with Crippen molar-refractivity contribution in [1.29, 1.82) is 0 Å². The summed E-state index contributed by atoms with van der Waals surface area (Å²) in [4.78, 5) is 0. The Balaban J connectivity index is 1.14. The summed E-state index contributed by atoms with van der Waals surface area (Å²) in [7, 11) is 0. The molecule has 3 aliphatic rings. The van der Waals surface area contributed by atoms with Crippen LogP contribution in [0.1, 0.15) is 141 Å². The van der Waals surface area contributed by atoms with Crippen LogP contribution in [0.2, 0.25) is 0 Å². The SMILES string of the molecule is C1CCC(CCCCC2CCC(CCCCC3CCCCC3)CC2)CC1. The van der Waals surface area contributed by atoms with Crippen LogP contribution in [-0.2, 0) is 0 Å². The fourth-order valence-corrected chi connectivity index (χ4v) is 6.49. The van der Waals surface area contributed by atoms with Crippen molar-refractivity contribution in [2.75, 3.05) is 0 Å². The first-order valence-corrected chi connectivity index (χ1v) is 12.9. The van der Waals surface area contributed by atoms with Crippen LogP contribution in [0.3, 0.4) is 0 Å². The second-order valence-electron chi connectivity index (χ2n) is 10.5. The van der Waals surface area contributed by atoms with E-state index in [2.05, 4.69) is 0 Å². The van der Waals surface area contributed by atoms with Crippen molar-refractivity contribution in [2.24, 2.45) is 23.7 Å². The highest BCUT2D eigenvalue weighted by Crippen LogP contribution is 2.36. The molecular weight excluding hydrogens is 312 g/mol. The van der Waals surface area contributed by atoms with Gasteiger partial charge in [-0.1, -0.05) is 141 Å². The normalized spacial score (nSPS) is 29.1. The maximum atomic E-state index is 1.57. The van der Waals surface area contributed by atoms with Crippen molar-refractivity contribution in [3.63, 3.8) is 0 Å². The lowest BCUT2D eigenvalue weighted by Gasteiger charge is -2.29. The van der Waals surface area contributed by atoms with Gasteiger partial charge in [-0.25, -0.2) is 0 Å². The lowest BCUT2D eigenvalue weighted by molar-refractivity contribution is 0.238. The molecule has 0 N–H and O–H groups in total. The van der Waals surface area contributed by atoms with Crippen LogP contribution in [-0.4, -0.2) is 0 Å². The van der Waals surface area contributed by atoms with Crippen LogP contribution in [0.5, 0.6) is 0 Å². The van der Waals surface area contributed by atoms with E-state index >= 15 is 0 Å². The molecule has 26 heavy (non-hydrogen) atoms. The highest BCUT2D eigenvalue weighted by atomic mass is 14.3. The Morgan fingerprint density at radius 1 is 0.308 bits per heavy atom. The molecule has 0 aromatic carbocycles. The fourth-order valence-electron chi connectivity index (χ4n) is 6.49. The van der Waals surface area contributed by atoms with Crippen LogP contribution in [0.15, 0.2) is 0 Å². The summed E-state index contributed by atoms with van der Waals surface area (Å²) >= 11 is 0. The Labute approximate surface area is 165 Å². The summed E-state index contributed by atoms with van der Waals surface area (Å²) < 4.78 is 0. The molecule has 0 spiro atoms. The number of rotatable bonds is 10. The zero-order chi connectivity index (χ0) is 17.9. The molecule has 3 aliphatic carbocycles. The van der Waals surface area contributed by atoms with Gasteiger partial charge in [0.05, 0.1) is 0 Å². The molecule has 0 saturated heterocycles. The molecule has 0 amide bonds. The quantitative estimate of drug-likeness (QED) is 0.341. The molecule has 0 atom stereocenters.